The zero-order valence-corrected chi connectivity index (χ0v) is 9.30. The summed E-state index contributed by atoms with van der Waals surface area (Å²) in [6.45, 7) is 0. The first-order valence-corrected chi connectivity index (χ1v) is 5.13. The normalized spacial score (nSPS) is 18.6. The number of fused-ring (bicyclic) bond motifs is 1. The number of anilines is 1. The number of carbonyl (C=O) groups excluding carboxylic acids is 1. The Bertz CT molecular complexity index is 378. The first kappa shape index (κ1) is 9.52. The Hall–Kier alpha value is -1.03. The van der Waals surface area contributed by atoms with Gasteiger partial charge in [-0.05, 0) is 17.7 Å². The van der Waals surface area contributed by atoms with Gasteiger partial charge in [-0.25, -0.2) is 4.79 Å². The van der Waals surface area contributed by atoms with Crippen LogP contribution in [0.4, 0.5) is 5.69 Å². The summed E-state index contributed by atoms with van der Waals surface area (Å²) in [7, 11) is 1.41. The maximum Gasteiger partial charge on any atom is 0.328 e. The molecule has 1 unspecified atom stereocenters. The van der Waals surface area contributed by atoms with Crippen LogP contribution in [0.25, 0.3) is 0 Å². The van der Waals surface area contributed by atoms with Gasteiger partial charge < -0.3 is 10.1 Å². The zero-order valence-electron chi connectivity index (χ0n) is 7.71. The Labute approximate surface area is 90.6 Å². The van der Waals surface area contributed by atoms with Crippen LogP contribution in [0.3, 0.4) is 0 Å². The van der Waals surface area contributed by atoms with Crippen LogP contribution in [0.5, 0.6) is 0 Å². The van der Waals surface area contributed by atoms with Crippen molar-refractivity contribution >= 4 is 27.6 Å². The fourth-order valence-corrected chi connectivity index (χ4v) is 1.97. The van der Waals surface area contributed by atoms with Crippen molar-refractivity contribution in [1.82, 2.24) is 0 Å². The molecule has 1 aromatic rings. The maximum absolute atomic E-state index is 11.3. The van der Waals surface area contributed by atoms with Crippen molar-refractivity contribution in [1.29, 1.82) is 0 Å². The molecule has 0 aromatic heterocycles. The molecule has 14 heavy (non-hydrogen) atoms. The predicted octanol–water partition coefficient (Wildman–Crippen LogP) is 1.96. The van der Waals surface area contributed by atoms with Gasteiger partial charge in [-0.15, -0.1) is 0 Å². The number of esters is 1. The Morgan fingerprint density at radius 3 is 3.14 bits per heavy atom. The number of hydrogen-bond donors (Lipinski definition) is 1. The minimum Gasteiger partial charge on any atom is -0.467 e. The first-order chi connectivity index (χ1) is 6.70. The standard InChI is InChI=1S/C10H10BrNO2/c1-14-10(13)9-4-6-2-3-7(11)5-8(6)12-9/h2-3,5,9,12H,4H2,1H3. The van der Waals surface area contributed by atoms with E-state index in [2.05, 4.69) is 26.0 Å². The molecule has 0 fully saturated rings. The summed E-state index contributed by atoms with van der Waals surface area (Å²) in [5, 5.41) is 3.12. The van der Waals surface area contributed by atoms with Crippen molar-refractivity contribution in [2.24, 2.45) is 0 Å². The van der Waals surface area contributed by atoms with Gasteiger partial charge in [-0.1, -0.05) is 22.0 Å². The first-order valence-electron chi connectivity index (χ1n) is 4.33. The summed E-state index contributed by atoms with van der Waals surface area (Å²) in [5.41, 5.74) is 2.17. The van der Waals surface area contributed by atoms with Gasteiger partial charge in [0.05, 0.1) is 7.11 Å². The van der Waals surface area contributed by atoms with E-state index >= 15 is 0 Å². The van der Waals surface area contributed by atoms with Gasteiger partial charge in [0.15, 0.2) is 0 Å². The third-order valence-electron chi connectivity index (χ3n) is 2.31. The fourth-order valence-electron chi connectivity index (χ4n) is 1.60. The third-order valence-corrected chi connectivity index (χ3v) is 2.80. The van der Waals surface area contributed by atoms with Gasteiger partial charge in [0, 0.05) is 16.6 Å². The minimum atomic E-state index is -0.232. The van der Waals surface area contributed by atoms with Crippen molar-refractivity contribution in [2.45, 2.75) is 12.5 Å². The molecule has 74 valence electrons. The van der Waals surface area contributed by atoms with Crippen molar-refractivity contribution in [2.75, 3.05) is 12.4 Å². The molecule has 1 aromatic carbocycles. The molecule has 1 aliphatic rings. The molecule has 1 aliphatic heterocycles. The van der Waals surface area contributed by atoms with Crippen LogP contribution in [0.15, 0.2) is 22.7 Å². The molecule has 4 heteroatoms. The highest BCUT2D eigenvalue weighted by Gasteiger charge is 2.27. The molecular formula is C10H10BrNO2. The van der Waals surface area contributed by atoms with Crippen molar-refractivity contribution in [3.05, 3.63) is 28.2 Å². The number of hydrogen-bond acceptors (Lipinski definition) is 3. The number of rotatable bonds is 1. The lowest BCUT2D eigenvalue weighted by atomic mass is 10.1. The summed E-state index contributed by atoms with van der Waals surface area (Å²) < 4.78 is 5.69. The lowest BCUT2D eigenvalue weighted by Gasteiger charge is -2.07. The van der Waals surface area contributed by atoms with Crippen molar-refractivity contribution < 1.29 is 9.53 Å². The van der Waals surface area contributed by atoms with Gasteiger partial charge in [-0.3, -0.25) is 0 Å². The molecule has 0 radical (unpaired) electrons. The Kier molecular flexibility index (Phi) is 2.46. The molecule has 0 saturated carbocycles. The van der Waals surface area contributed by atoms with E-state index in [0.717, 1.165) is 15.7 Å². The van der Waals surface area contributed by atoms with Gasteiger partial charge in [0.2, 0.25) is 0 Å². The minimum absolute atomic E-state index is 0.211. The molecule has 0 spiro atoms. The third kappa shape index (κ3) is 1.62. The monoisotopic (exact) mass is 255 g/mol. The molecule has 0 amide bonds. The zero-order chi connectivity index (χ0) is 10.1. The Morgan fingerprint density at radius 2 is 2.43 bits per heavy atom. The Morgan fingerprint density at radius 1 is 1.64 bits per heavy atom. The van der Waals surface area contributed by atoms with Gasteiger partial charge >= 0.3 is 5.97 Å². The second kappa shape index (κ2) is 3.61. The smallest absolute Gasteiger partial charge is 0.328 e. The lowest BCUT2D eigenvalue weighted by Crippen LogP contribution is -2.27. The van der Waals surface area contributed by atoms with Crippen LogP contribution in [0.1, 0.15) is 5.56 Å². The predicted molar refractivity (Wildman–Crippen MR) is 57.3 cm³/mol. The highest BCUT2D eigenvalue weighted by atomic mass is 79.9. The maximum atomic E-state index is 11.3. The number of halogens is 1. The van der Waals surface area contributed by atoms with Crippen LogP contribution in [0, 0.1) is 0 Å². The van der Waals surface area contributed by atoms with E-state index in [1.54, 1.807) is 0 Å². The van der Waals surface area contributed by atoms with Crippen LogP contribution in [-0.2, 0) is 16.0 Å². The fraction of sp³-hybridized carbons (Fsp3) is 0.300. The van der Waals surface area contributed by atoms with Crippen LogP contribution >= 0.6 is 15.9 Å². The molecule has 1 N–H and O–H groups in total. The topological polar surface area (TPSA) is 38.3 Å². The van der Waals surface area contributed by atoms with E-state index in [1.165, 1.54) is 7.11 Å². The summed E-state index contributed by atoms with van der Waals surface area (Å²) >= 11 is 3.38. The molecule has 2 rings (SSSR count). The van der Waals surface area contributed by atoms with Gasteiger partial charge in [0.1, 0.15) is 6.04 Å². The van der Waals surface area contributed by atoms with E-state index in [1.807, 2.05) is 18.2 Å². The number of nitrogens with one attached hydrogen (secondary N) is 1. The van der Waals surface area contributed by atoms with Crippen LogP contribution in [-0.4, -0.2) is 19.1 Å². The SMILES string of the molecule is COC(=O)C1Cc2ccc(Br)cc2N1. The molecule has 0 aliphatic carbocycles. The van der Waals surface area contributed by atoms with E-state index in [0.29, 0.717) is 6.42 Å². The van der Waals surface area contributed by atoms with E-state index < -0.39 is 0 Å². The molecule has 1 atom stereocenters. The molecular weight excluding hydrogens is 246 g/mol. The van der Waals surface area contributed by atoms with Crippen molar-refractivity contribution in [3.63, 3.8) is 0 Å². The summed E-state index contributed by atoms with van der Waals surface area (Å²) in [4.78, 5) is 11.3. The van der Waals surface area contributed by atoms with E-state index in [9.17, 15) is 4.79 Å². The van der Waals surface area contributed by atoms with Crippen LogP contribution < -0.4 is 5.32 Å². The quantitative estimate of drug-likeness (QED) is 0.780. The largest absolute Gasteiger partial charge is 0.467 e. The highest BCUT2D eigenvalue weighted by Crippen LogP contribution is 2.29. The number of benzene rings is 1. The molecule has 0 bridgehead atoms. The average Bonchev–Trinajstić information content (AvgIpc) is 2.59. The molecule has 1 heterocycles. The summed E-state index contributed by atoms with van der Waals surface area (Å²) in [6.07, 6.45) is 0.704. The van der Waals surface area contributed by atoms with E-state index in [-0.39, 0.29) is 12.0 Å². The number of methoxy groups -OCH3 is 1. The second-order valence-corrected chi connectivity index (χ2v) is 4.14. The molecule has 3 nitrogen and oxygen atoms in total. The van der Waals surface area contributed by atoms with E-state index in [4.69, 9.17) is 0 Å². The second-order valence-electron chi connectivity index (χ2n) is 3.23. The van der Waals surface area contributed by atoms with Gasteiger partial charge in [-0.2, -0.15) is 0 Å². The average molecular weight is 256 g/mol. The van der Waals surface area contributed by atoms with Crippen molar-refractivity contribution in [3.8, 4) is 0 Å². The number of ether oxygens (including phenoxy) is 1. The highest BCUT2D eigenvalue weighted by molar-refractivity contribution is 9.10. The summed E-state index contributed by atoms with van der Waals surface area (Å²) in [5.74, 6) is -0.211. The van der Waals surface area contributed by atoms with Crippen LogP contribution in [0.2, 0.25) is 0 Å². The van der Waals surface area contributed by atoms with Gasteiger partial charge in [0.25, 0.3) is 0 Å². The molecule has 0 saturated heterocycles. The summed E-state index contributed by atoms with van der Waals surface area (Å²) in [6, 6.07) is 5.72. The lowest BCUT2D eigenvalue weighted by molar-refractivity contribution is -0.141. The number of carbonyl (C=O) groups is 1. The Balaban J connectivity index is 2.22.